The van der Waals surface area contributed by atoms with Gasteiger partial charge in [-0.15, -0.1) is 0 Å². The smallest absolute Gasteiger partial charge is 0.343 e. The van der Waals surface area contributed by atoms with Crippen molar-refractivity contribution >= 4 is 5.78 Å². The van der Waals surface area contributed by atoms with Crippen LogP contribution in [-0.4, -0.2) is 5.78 Å². The molecule has 6 unspecified atom stereocenters. The van der Waals surface area contributed by atoms with Gasteiger partial charge in [-0.05, 0) is 37.5 Å². The van der Waals surface area contributed by atoms with Crippen LogP contribution in [-0.2, 0) is 4.79 Å². The van der Waals surface area contributed by atoms with Crippen LogP contribution in [0.15, 0.2) is 0 Å². The first kappa shape index (κ1) is 24.3. The molecule has 0 spiro atoms. The number of carbonyl (C=O) groups is 1. The maximum atomic E-state index is 12.2. The van der Waals surface area contributed by atoms with Crippen LogP contribution in [0, 0.1) is 54.8 Å². The normalized spacial score (nSPS) is 36.4. The summed E-state index contributed by atoms with van der Waals surface area (Å²) in [5.74, 6) is 5.07. The summed E-state index contributed by atoms with van der Waals surface area (Å²) in [5.41, 5.74) is 0.227. The largest absolute Gasteiger partial charge is 1.00 e. The Morgan fingerprint density at radius 1 is 1.32 bits per heavy atom. The molecule has 2 rings (SSSR count). The molecule has 0 amide bonds. The maximum absolute atomic E-state index is 12.2. The van der Waals surface area contributed by atoms with Gasteiger partial charge in [-0.25, -0.2) is 0 Å². The van der Waals surface area contributed by atoms with Gasteiger partial charge in [0, 0.05) is 5.92 Å². The van der Waals surface area contributed by atoms with Gasteiger partial charge >= 0.3 is 51.4 Å². The van der Waals surface area contributed by atoms with E-state index in [0.29, 0.717) is 29.5 Å². The van der Waals surface area contributed by atoms with Crippen molar-refractivity contribution in [2.45, 2.75) is 85.5 Å². The van der Waals surface area contributed by atoms with Crippen molar-refractivity contribution in [2.75, 3.05) is 0 Å². The van der Waals surface area contributed by atoms with E-state index in [2.05, 4.69) is 34.6 Å². The van der Waals surface area contributed by atoms with Gasteiger partial charge in [0.1, 0.15) is 5.78 Å². The van der Waals surface area contributed by atoms with E-state index in [1.807, 2.05) is 6.92 Å². The Kier molecular flexibility index (Phi) is 10.5. The Morgan fingerprint density at radius 2 is 2.00 bits per heavy atom. The van der Waals surface area contributed by atoms with E-state index in [0.717, 1.165) is 18.8 Å². The molecular formula is C23H39KO-2. The van der Waals surface area contributed by atoms with E-state index in [4.69, 9.17) is 0 Å². The Morgan fingerprint density at radius 3 is 2.56 bits per heavy atom. The molecule has 0 aromatic carbocycles. The molecule has 6 atom stereocenters. The summed E-state index contributed by atoms with van der Waals surface area (Å²) in [7, 11) is 0. The molecule has 0 aromatic heterocycles. The average molecular weight is 371 g/mol. The molecule has 0 aromatic rings. The van der Waals surface area contributed by atoms with Gasteiger partial charge in [0.15, 0.2) is 0 Å². The number of carbonyl (C=O) groups excluding carboxylic acids is 1. The van der Waals surface area contributed by atoms with E-state index in [-0.39, 0.29) is 56.8 Å². The fourth-order valence-electron chi connectivity index (χ4n) is 6.08. The molecule has 2 aliphatic rings. The summed E-state index contributed by atoms with van der Waals surface area (Å²) in [6.07, 6.45) is 10.9. The zero-order valence-electron chi connectivity index (χ0n) is 17.6. The summed E-state index contributed by atoms with van der Waals surface area (Å²) in [4.78, 5) is 12.2. The third-order valence-corrected chi connectivity index (χ3v) is 7.40. The van der Waals surface area contributed by atoms with Gasteiger partial charge in [-0.2, -0.15) is 31.6 Å². The molecule has 0 bridgehead atoms. The summed E-state index contributed by atoms with van der Waals surface area (Å²) in [6.45, 7) is 17.3. The second-order valence-corrected chi connectivity index (χ2v) is 9.15. The number of Topliss-reactive ketones (excluding diaryl/α,β-unsaturated/α-hetero) is 1. The first-order chi connectivity index (χ1) is 11.3. The third kappa shape index (κ3) is 5.65. The van der Waals surface area contributed by atoms with Gasteiger partial charge in [0.25, 0.3) is 0 Å². The van der Waals surface area contributed by atoms with Gasteiger partial charge in [-0.3, -0.25) is 4.79 Å². The van der Waals surface area contributed by atoms with Crippen molar-refractivity contribution < 1.29 is 56.2 Å². The molecule has 140 valence electrons. The fourth-order valence-corrected chi connectivity index (χ4v) is 6.08. The predicted molar refractivity (Wildman–Crippen MR) is 103 cm³/mol. The Hall–Kier alpha value is 1.31. The number of fused-ring (bicyclic) bond motifs is 1. The number of rotatable bonds is 7. The van der Waals surface area contributed by atoms with Crippen molar-refractivity contribution in [3.8, 4) is 0 Å². The molecule has 2 saturated carbocycles. The van der Waals surface area contributed by atoms with Crippen molar-refractivity contribution in [3.63, 3.8) is 0 Å². The molecule has 1 nitrogen and oxygen atoms in total. The van der Waals surface area contributed by atoms with E-state index in [1.165, 1.54) is 44.9 Å². The minimum atomic E-state index is 0. The predicted octanol–water partition coefficient (Wildman–Crippen LogP) is 3.49. The van der Waals surface area contributed by atoms with E-state index < -0.39 is 0 Å². The Labute approximate surface area is 200 Å². The molecule has 2 fully saturated rings. The summed E-state index contributed by atoms with van der Waals surface area (Å²) in [5, 5.41) is 0. The molecule has 2 aliphatic carbocycles. The molecule has 0 aliphatic heterocycles. The van der Waals surface area contributed by atoms with Crippen LogP contribution in [0.1, 0.15) is 85.5 Å². The van der Waals surface area contributed by atoms with Crippen LogP contribution in [0.2, 0.25) is 0 Å². The van der Waals surface area contributed by atoms with Crippen LogP contribution >= 0.6 is 0 Å². The van der Waals surface area contributed by atoms with E-state index >= 15 is 0 Å². The van der Waals surface area contributed by atoms with Gasteiger partial charge in [0.2, 0.25) is 0 Å². The number of ketones is 1. The SMILES string of the molecule is [CH2-]CC1C([C-](C)CCCC([CH2-])C)CCC2(C)C(C(C)=O)CCCC12.[K+]. The molecule has 0 heterocycles. The van der Waals surface area contributed by atoms with Crippen LogP contribution in [0.4, 0.5) is 0 Å². The van der Waals surface area contributed by atoms with Crippen molar-refractivity contribution in [1.29, 1.82) is 0 Å². The first-order valence-electron chi connectivity index (χ1n) is 10.3. The molecular weight excluding hydrogens is 331 g/mol. The molecule has 25 heavy (non-hydrogen) atoms. The van der Waals surface area contributed by atoms with Crippen LogP contribution in [0.3, 0.4) is 0 Å². The maximum Gasteiger partial charge on any atom is 1.00 e. The molecule has 0 N–H and O–H groups in total. The summed E-state index contributed by atoms with van der Waals surface area (Å²) in [6, 6.07) is 0. The summed E-state index contributed by atoms with van der Waals surface area (Å²) < 4.78 is 0. The standard InChI is InChI=1S/C23H39O.K/c1-7-19-20(17(4)11-8-10-16(2)3)14-15-23(6)21(18(5)24)12-9-13-22(19)23;/h16,19-22H,1-2,7-15H2,3-6H3;/q-3;+1. The zero-order valence-corrected chi connectivity index (χ0v) is 20.7. The van der Waals surface area contributed by atoms with Crippen LogP contribution in [0.5, 0.6) is 0 Å². The number of hydrogen-bond donors (Lipinski definition) is 0. The fraction of sp³-hybridized carbons (Fsp3) is 0.826. The van der Waals surface area contributed by atoms with Crippen LogP contribution in [0.25, 0.3) is 0 Å². The molecule has 0 radical (unpaired) electrons. The van der Waals surface area contributed by atoms with Gasteiger partial charge in [0.05, 0.1) is 0 Å². The monoisotopic (exact) mass is 370 g/mol. The Bertz CT molecular complexity index is 418. The van der Waals surface area contributed by atoms with E-state index in [9.17, 15) is 4.79 Å². The minimum Gasteiger partial charge on any atom is -0.343 e. The number of hydrogen-bond acceptors (Lipinski definition) is 1. The quantitative estimate of drug-likeness (QED) is 0.495. The van der Waals surface area contributed by atoms with Crippen molar-refractivity contribution in [3.05, 3.63) is 19.8 Å². The van der Waals surface area contributed by atoms with Crippen LogP contribution < -0.4 is 51.4 Å². The van der Waals surface area contributed by atoms with Gasteiger partial charge in [-0.1, -0.05) is 45.4 Å². The third-order valence-electron chi connectivity index (χ3n) is 7.40. The second-order valence-electron chi connectivity index (χ2n) is 9.15. The Balaban J connectivity index is 0.00000312. The minimum absolute atomic E-state index is 0. The van der Waals surface area contributed by atoms with E-state index in [1.54, 1.807) is 5.92 Å². The van der Waals surface area contributed by atoms with Crippen molar-refractivity contribution in [2.24, 2.45) is 35.0 Å². The van der Waals surface area contributed by atoms with Gasteiger partial charge < -0.3 is 19.8 Å². The first-order valence-corrected chi connectivity index (χ1v) is 10.3. The summed E-state index contributed by atoms with van der Waals surface area (Å²) >= 11 is 0. The molecule has 0 saturated heterocycles. The molecule has 2 heteroatoms. The van der Waals surface area contributed by atoms with Crippen molar-refractivity contribution in [1.82, 2.24) is 0 Å². The average Bonchev–Trinajstić information content (AvgIpc) is 2.51. The zero-order chi connectivity index (χ0) is 17.9. The second kappa shape index (κ2) is 10.7. The topological polar surface area (TPSA) is 17.1 Å².